The lowest BCUT2D eigenvalue weighted by molar-refractivity contribution is 3.24. The van der Waals surface area contributed by atoms with Gasteiger partial charge in [-0.3, -0.25) is 0 Å². The lowest BCUT2D eigenvalue weighted by Crippen LogP contribution is -2.89. The highest BCUT2D eigenvalue weighted by atomic mass is 13.4. The average molecular weight is 490 g/mol. The highest BCUT2D eigenvalue weighted by Gasteiger charge is 2.54. The van der Waals surface area contributed by atoms with Crippen LogP contribution in [0.1, 0.15) is 0 Å². The first-order chi connectivity index (χ1) is 20.4. The minimum absolute atomic E-state index is 0.466. The van der Waals surface area contributed by atoms with Gasteiger partial charge in [-0.1, -0.05) is 7.74 Å². The molecule has 45 radical (unpaired) electrons. The number of hydrogen-bond acceptors (Lipinski definition) is 0. The molecule has 0 aromatic carbocycles. The second-order valence-corrected chi connectivity index (χ2v) is 11.9. The summed E-state index contributed by atoms with van der Waals surface area (Å²) in [6.45, 7) is 0. The standard InChI is InChI=1S/B45H3/c1-25(2)36(23)44(41(30(11)12)31(13)14)38(45(42(32(15)16)33(17)18)43(34(19)20)35(21)22)24-37(39(26(3)4)27(5)6)40(28(7)8)29(9)10/h1H3/q-1. The van der Waals surface area contributed by atoms with Crippen molar-refractivity contribution in [3.63, 3.8) is 0 Å². The van der Waals surface area contributed by atoms with Gasteiger partial charge >= 0.3 is 0 Å². The fourth-order valence-electron chi connectivity index (χ4n) is 6.80. The second kappa shape index (κ2) is 22.1. The van der Waals surface area contributed by atoms with Gasteiger partial charge in [0, 0.05) is 0 Å². The van der Waals surface area contributed by atoms with E-state index in [-0.39, 0.29) is 0 Å². The first kappa shape index (κ1) is 47.9. The molecule has 0 amide bonds. The van der Waals surface area contributed by atoms with Gasteiger partial charge in [-0.2, -0.15) is 0 Å². The maximum atomic E-state index is 6.90. The first-order valence-corrected chi connectivity index (χ1v) is 14.3. The molecule has 0 aromatic heterocycles. The van der Waals surface area contributed by atoms with E-state index in [1.807, 2.05) is 0 Å². The van der Waals surface area contributed by atoms with Gasteiger partial charge in [-0.15, -0.1) is 6.39 Å². The summed E-state index contributed by atoms with van der Waals surface area (Å²) in [5.74, 6) is 0. The Morgan fingerprint density at radius 1 is 0.267 bits per heavy atom. The van der Waals surface area contributed by atoms with E-state index in [1.54, 1.807) is 7.06 Å². The third-order valence-corrected chi connectivity index (χ3v) is 8.67. The third-order valence-electron chi connectivity index (χ3n) is 8.67. The van der Waals surface area contributed by atoms with E-state index in [0.717, 1.165) is 0 Å². The highest BCUT2D eigenvalue weighted by molar-refractivity contribution is 8.29. The van der Waals surface area contributed by atoms with Crippen LogP contribution < -0.4 is 0 Å². The second-order valence-electron chi connectivity index (χ2n) is 11.9. The van der Waals surface area contributed by atoms with Gasteiger partial charge in [0.2, 0.25) is 0 Å². The Balaban J connectivity index is 8.41. The molecule has 0 aliphatic heterocycles. The molecule has 0 aromatic rings. The normalized spacial score (nSPS) is 9.62. The van der Waals surface area contributed by atoms with Crippen molar-refractivity contribution >= 4 is 319 Å². The van der Waals surface area contributed by atoms with E-state index in [0.29, 0.717) is 0 Å². The van der Waals surface area contributed by atoms with Crippen molar-refractivity contribution < 1.29 is 0 Å². The summed E-state index contributed by atoms with van der Waals surface area (Å²) in [7, 11) is 140. The molecule has 0 saturated heterocycles. The highest BCUT2D eigenvalue weighted by Crippen LogP contribution is 2.16. The molecule has 0 saturated carbocycles. The van der Waals surface area contributed by atoms with Gasteiger partial charge < -0.3 is 0 Å². The third kappa shape index (κ3) is 13.8. The van der Waals surface area contributed by atoms with Gasteiger partial charge in [-0.05, 0) is 305 Å². The van der Waals surface area contributed by atoms with Crippen LogP contribution in [-0.4, -0.2) is 319 Å². The molecule has 0 nitrogen and oxygen atoms in total. The van der Waals surface area contributed by atoms with Crippen LogP contribution >= 0.6 is 0 Å². The summed E-state index contributed by atoms with van der Waals surface area (Å²) in [4.78, 5) is 0. The minimum atomic E-state index is -1.18. The van der Waals surface area contributed by atoms with Crippen molar-refractivity contribution in [1.82, 2.24) is 0 Å². The van der Waals surface area contributed by atoms with Crippen LogP contribution in [0.3, 0.4) is 0 Å². The van der Waals surface area contributed by atoms with Crippen LogP contribution in [-0.2, 0) is 0 Å². The quantitative estimate of drug-likeness (QED) is 0.141. The molecule has 0 unspecified atom stereocenters. The zero-order chi connectivity index (χ0) is 35.8. The summed E-state index contributed by atoms with van der Waals surface area (Å²) in [5, 5.41) is 0. The summed E-state index contributed by atoms with van der Waals surface area (Å²) < 4.78 is 0. The molecular weight excluding hydrogens is 487 g/mol. The van der Waals surface area contributed by atoms with E-state index in [9.17, 15) is 0 Å². The molecule has 0 aliphatic rings. The zero-order valence-corrected chi connectivity index (χ0v) is 25.4. The van der Waals surface area contributed by atoms with Crippen molar-refractivity contribution in [3.05, 3.63) is 0 Å². The molecule has 0 spiro atoms. The topological polar surface area (TPSA) is 0 Å². The number of hydrogen-bond donors (Lipinski definition) is 0. The van der Waals surface area contributed by atoms with Crippen molar-refractivity contribution in [1.29, 1.82) is 0 Å². The van der Waals surface area contributed by atoms with Crippen molar-refractivity contribution in [2.75, 3.05) is 0 Å². The van der Waals surface area contributed by atoms with Crippen LogP contribution in [0.2, 0.25) is 0 Å². The molecule has 0 fully saturated rings. The fourth-order valence-corrected chi connectivity index (χ4v) is 6.80. The van der Waals surface area contributed by atoms with Crippen molar-refractivity contribution in [3.8, 4) is 0 Å². The molecule has 0 bridgehead atoms. The predicted octanol–water partition coefficient (Wildman–Crippen LogP) is -17.9. The van der Waals surface area contributed by atoms with E-state index >= 15 is 0 Å². The monoisotopic (exact) mass is 498 g/mol. The molecule has 0 atom stereocenters. The Morgan fingerprint density at radius 2 is 0.467 bits per heavy atom. The molecule has 0 N–H and O–H groups in total. The molecule has 139 valence electrons. The molecule has 0 heterocycles. The Kier molecular flexibility index (Phi) is 23.5. The van der Waals surface area contributed by atoms with Crippen molar-refractivity contribution in [2.24, 2.45) is 0 Å². The summed E-state index contributed by atoms with van der Waals surface area (Å²) >= 11 is 0. The van der Waals surface area contributed by atoms with Gasteiger partial charge in [0.15, 0.2) is 0 Å². The summed E-state index contributed by atoms with van der Waals surface area (Å²) in [6.07, 6.45) is -21.4. The molecular formula is H3B45-. The SMILES string of the molecule is [B]B([B])B(B([B])[B])B([B]B(B(B([B])B([B])[BH3-])B(B([B])[B])B([B])[B])B(B(B([B])[B])B([B])[B])B(B([B])[B])B([B])[B])B(B([B])[B])B([B])[B]. The zero-order valence-electron chi connectivity index (χ0n) is 25.4. The largest absolute Gasteiger partial charge is 0.128 e. The summed E-state index contributed by atoms with van der Waals surface area (Å²) in [6, 6.07) is 0. The van der Waals surface area contributed by atoms with Gasteiger partial charge in [0.05, 0.1) is 0 Å². The van der Waals surface area contributed by atoms with Crippen LogP contribution in [0.4, 0.5) is 0 Å². The lowest BCUT2D eigenvalue weighted by Gasteiger charge is -2.52. The molecule has 45 heavy (non-hydrogen) atoms. The van der Waals surface area contributed by atoms with Gasteiger partial charge in [0.25, 0.3) is 0 Å². The van der Waals surface area contributed by atoms with E-state index in [1.165, 1.54) is 0 Å². The Hall–Kier alpha value is 2.92. The van der Waals surface area contributed by atoms with Crippen molar-refractivity contribution in [2.45, 2.75) is 0 Å². The average Bonchev–Trinajstić information content (AvgIpc) is 2.82. The fraction of sp³-hybridized carbons (Fsp3) is 0. The van der Waals surface area contributed by atoms with Crippen LogP contribution in [0.15, 0.2) is 0 Å². The lowest BCUT2D eigenvalue weighted by atomic mass is 8.30. The Morgan fingerprint density at radius 3 is 0.667 bits per heavy atom. The Bertz CT molecular complexity index is 666. The predicted molar refractivity (Wildman–Crippen MR) is 263 cm³/mol. The van der Waals surface area contributed by atoms with Crippen LogP contribution in [0.25, 0.3) is 0 Å². The van der Waals surface area contributed by atoms with Gasteiger partial charge in [-0.25, -0.2) is 0 Å². The van der Waals surface area contributed by atoms with E-state index < -0.39 is 142 Å². The molecule has 0 rings (SSSR count). The van der Waals surface area contributed by atoms with Gasteiger partial charge in [0.1, 0.15) is 0 Å². The smallest absolute Gasteiger partial charge is 0.0000000000000000739 e. The van der Waals surface area contributed by atoms with E-state index in [2.05, 4.69) is 0 Å². The van der Waals surface area contributed by atoms with E-state index in [4.69, 9.17) is 170 Å². The van der Waals surface area contributed by atoms with Crippen LogP contribution in [0.5, 0.6) is 0 Å². The summed E-state index contributed by atoms with van der Waals surface area (Å²) in [5.41, 5.74) is 0. The molecule has 0 aliphatic carbocycles. The maximum Gasteiger partial charge on any atom is -0.0000000000000000739 e. The Labute approximate surface area is 316 Å². The number of rotatable bonds is 21. The first-order valence-electron chi connectivity index (χ1n) is 14.3. The minimum Gasteiger partial charge on any atom is -0.128 e. The molecule has 45 heteroatoms. The van der Waals surface area contributed by atoms with Crippen LogP contribution in [0, 0.1) is 0 Å². The maximum absolute atomic E-state index is 6.90.